The van der Waals surface area contributed by atoms with Crippen molar-refractivity contribution in [3.05, 3.63) is 69.2 Å². The molecule has 0 aliphatic carbocycles. The van der Waals surface area contributed by atoms with Crippen LogP contribution in [-0.2, 0) is 0 Å². The number of para-hydroxylation sites is 1. The Labute approximate surface area is 185 Å². The molecule has 3 aromatic rings. The second-order valence-corrected chi connectivity index (χ2v) is 7.73. The van der Waals surface area contributed by atoms with Crippen LogP contribution in [0.1, 0.15) is 24.8 Å². The number of benzene rings is 2. The highest BCUT2D eigenvalue weighted by Crippen LogP contribution is 2.41. The van der Waals surface area contributed by atoms with Crippen LogP contribution in [0.5, 0.6) is 5.75 Å². The number of aromatic amines is 1. The second kappa shape index (κ2) is 8.91. The van der Waals surface area contributed by atoms with Crippen molar-refractivity contribution in [2.75, 3.05) is 7.11 Å². The number of pyridine rings is 1. The zero-order valence-corrected chi connectivity index (χ0v) is 17.8. The highest BCUT2D eigenvalue weighted by molar-refractivity contribution is 6.32. The molecule has 0 aliphatic heterocycles. The largest absolute Gasteiger partial charge is 0.495 e. The molecule has 2 aromatic carbocycles. The molecule has 0 saturated heterocycles. The topological polar surface area (TPSA) is 74.7 Å². The number of aliphatic imine (C=N–C) groups is 1. The number of aliphatic hydroxyl groups is 1. The standard InChI is InChI=1S/C22H19ClF4N2O3/c1-12(13-4-3-5-15(23)20(13)32-2)10-21(31,22(25,26)27)11-28-17-8-7-16(24)19-14(17)6-9-18(30)29-19/h3-9,11-12,31H,10H2,1-2H3,(H,29,30). The fourth-order valence-electron chi connectivity index (χ4n) is 3.44. The minimum atomic E-state index is -5.05. The van der Waals surface area contributed by atoms with E-state index in [0.717, 1.165) is 18.2 Å². The fraction of sp³-hybridized carbons (Fsp3) is 0.273. The van der Waals surface area contributed by atoms with Gasteiger partial charge in [-0.3, -0.25) is 9.79 Å². The molecule has 2 N–H and O–H groups in total. The number of nitrogens with zero attached hydrogens (tertiary/aromatic N) is 1. The molecule has 1 heterocycles. The zero-order valence-electron chi connectivity index (χ0n) is 17.0. The summed E-state index contributed by atoms with van der Waals surface area (Å²) in [5, 5.41) is 10.9. The van der Waals surface area contributed by atoms with Gasteiger partial charge in [0.05, 0.1) is 23.3 Å². The van der Waals surface area contributed by atoms with Crippen LogP contribution in [0.4, 0.5) is 23.2 Å². The van der Waals surface area contributed by atoms with Crippen molar-refractivity contribution in [2.24, 2.45) is 4.99 Å². The number of hydrogen-bond acceptors (Lipinski definition) is 4. The van der Waals surface area contributed by atoms with E-state index in [2.05, 4.69) is 9.98 Å². The van der Waals surface area contributed by atoms with E-state index >= 15 is 0 Å². The number of H-pyrrole nitrogens is 1. The highest BCUT2D eigenvalue weighted by atomic mass is 35.5. The Morgan fingerprint density at radius 1 is 1.22 bits per heavy atom. The van der Waals surface area contributed by atoms with Crippen molar-refractivity contribution in [2.45, 2.75) is 31.0 Å². The number of halogens is 5. The normalized spacial score (nSPS) is 15.1. The van der Waals surface area contributed by atoms with E-state index in [1.54, 1.807) is 12.1 Å². The Bertz CT molecular complexity index is 1230. The summed E-state index contributed by atoms with van der Waals surface area (Å²) >= 11 is 6.06. The van der Waals surface area contributed by atoms with Crippen LogP contribution >= 0.6 is 11.6 Å². The number of ether oxygens (including phenoxy) is 1. The summed E-state index contributed by atoms with van der Waals surface area (Å²) in [6.07, 6.45) is -5.44. The maximum Gasteiger partial charge on any atom is 0.422 e. The van der Waals surface area contributed by atoms with Gasteiger partial charge in [-0.15, -0.1) is 0 Å². The van der Waals surface area contributed by atoms with Gasteiger partial charge >= 0.3 is 6.18 Å². The van der Waals surface area contributed by atoms with Gasteiger partial charge in [-0.05, 0) is 42.2 Å². The number of hydrogen-bond donors (Lipinski definition) is 2. The van der Waals surface area contributed by atoms with Gasteiger partial charge in [-0.25, -0.2) is 4.39 Å². The van der Waals surface area contributed by atoms with Gasteiger partial charge < -0.3 is 14.8 Å². The molecular weight excluding hydrogens is 452 g/mol. The van der Waals surface area contributed by atoms with E-state index in [9.17, 15) is 27.5 Å². The number of aromatic nitrogens is 1. The molecular formula is C22H19ClF4N2O3. The molecule has 32 heavy (non-hydrogen) atoms. The molecule has 0 fully saturated rings. The maximum absolute atomic E-state index is 14.0. The predicted octanol–water partition coefficient (Wildman–Crippen LogP) is 5.52. The Morgan fingerprint density at radius 2 is 1.94 bits per heavy atom. The Balaban J connectivity index is 2.02. The van der Waals surface area contributed by atoms with Gasteiger partial charge in [-0.1, -0.05) is 30.7 Å². The highest BCUT2D eigenvalue weighted by Gasteiger charge is 2.53. The summed E-state index contributed by atoms with van der Waals surface area (Å²) in [6, 6.07) is 9.15. The first-order valence-corrected chi connectivity index (χ1v) is 9.83. The van der Waals surface area contributed by atoms with Gasteiger partial charge in [0.15, 0.2) is 5.60 Å². The van der Waals surface area contributed by atoms with Crippen LogP contribution < -0.4 is 10.3 Å². The molecule has 2 unspecified atom stereocenters. The molecule has 2 atom stereocenters. The third-order valence-corrected chi connectivity index (χ3v) is 5.38. The van der Waals surface area contributed by atoms with Crippen LogP contribution in [0, 0.1) is 5.82 Å². The van der Waals surface area contributed by atoms with E-state index in [-0.39, 0.29) is 27.4 Å². The van der Waals surface area contributed by atoms with Crippen molar-refractivity contribution in [1.82, 2.24) is 4.98 Å². The molecule has 5 nitrogen and oxygen atoms in total. The average molecular weight is 471 g/mol. The van der Waals surface area contributed by atoms with Gasteiger partial charge in [0.25, 0.3) is 0 Å². The van der Waals surface area contributed by atoms with Gasteiger partial charge in [0.2, 0.25) is 5.56 Å². The van der Waals surface area contributed by atoms with Crippen LogP contribution in [0.15, 0.2) is 52.3 Å². The van der Waals surface area contributed by atoms with Crippen molar-refractivity contribution < 1.29 is 27.4 Å². The third kappa shape index (κ3) is 4.63. The zero-order chi connectivity index (χ0) is 23.7. The predicted molar refractivity (Wildman–Crippen MR) is 115 cm³/mol. The van der Waals surface area contributed by atoms with E-state index in [1.165, 1.54) is 26.2 Å². The molecule has 1 aromatic heterocycles. The molecule has 0 amide bonds. The van der Waals surface area contributed by atoms with Crippen LogP contribution in [-0.4, -0.2) is 35.2 Å². The molecule has 0 spiro atoms. The summed E-state index contributed by atoms with van der Waals surface area (Å²) in [5.74, 6) is -1.36. The van der Waals surface area contributed by atoms with Gasteiger partial charge in [-0.2, -0.15) is 13.2 Å². The molecule has 0 aliphatic rings. The number of nitrogens with one attached hydrogen (secondary N) is 1. The van der Waals surface area contributed by atoms with Crippen LogP contribution in [0.3, 0.4) is 0 Å². The SMILES string of the molecule is COc1c(Cl)cccc1C(C)CC(O)(C=Nc1ccc(F)c2[nH]c(=O)ccc12)C(F)(F)F. The van der Waals surface area contributed by atoms with Crippen molar-refractivity contribution in [3.8, 4) is 5.75 Å². The number of alkyl halides is 3. The lowest BCUT2D eigenvalue weighted by atomic mass is 9.86. The van der Waals surface area contributed by atoms with Crippen LogP contribution in [0.2, 0.25) is 5.02 Å². The monoisotopic (exact) mass is 470 g/mol. The Hall–Kier alpha value is -2.91. The third-order valence-electron chi connectivity index (χ3n) is 5.08. The smallest absolute Gasteiger partial charge is 0.422 e. The summed E-state index contributed by atoms with van der Waals surface area (Å²) in [6.45, 7) is 1.50. The minimum Gasteiger partial charge on any atom is -0.495 e. The van der Waals surface area contributed by atoms with Crippen LogP contribution in [0.25, 0.3) is 10.9 Å². The number of rotatable bonds is 6. The molecule has 0 radical (unpaired) electrons. The van der Waals surface area contributed by atoms with E-state index in [0.29, 0.717) is 11.8 Å². The molecule has 0 bridgehead atoms. The minimum absolute atomic E-state index is 0.0479. The maximum atomic E-state index is 14.0. The lowest BCUT2D eigenvalue weighted by Crippen LogP contribution is -2.47. The van der Waals surface area contributed by atoms with Gasteiger partial charge in [0, 0.05) is 17.7 Å². The average Bonchev–Trinajstić information content (AvgIpc) is 2.72. The van der Waals surface area contributed by atoms with Crippen molar-refractivity contribution in [3.63, 3.8) is 0 Å². The molecule has 10 heteroatoms. The Kier molecular flexibility index (Phi) is 6.61. The van der Waals surface area contributed by atoms with Gasteiger partial charge in [0.1, 0.15) is 11.6 Å². The number of methoxy groups -OCH3 is 1. The number of fused-ring (bicyclic) bond motifs is 1. The van der Waals surface area contributed by atoms with E-state index in [4.69, 9.17) is 16.3 Å². The summed E-state index contributed by atoms with van der Waals surface area (Å²) in [4.78, 5) is 17.6. The van der Waals surface area contributed by atoms with Crippen molar-refractivity contribution in [1.29, 1.82) is 0 Å². The molecule has 3 rings (SSSR count). The fourth-order valence-corrected chi connectivity index (χ4v) is 3.70. The first-order valence-electron chi connectivity index (χ1n) is 9.45. The summed E-state index contributed by atoms with van der Waals surface area (Å²) < 4.78 is 60.8. The summed E-state index contributed by atoms with van der Waals surface area (Å²) in [7, 11) is 1.35. The van der Waals surface area contributed by atoms with E-state index < -0.39 is 35.5 Å². The van der Waals surface area contributed by atoms with Crippen molar-refractivity contribution >= 4 is 34.4 Å². The first kappa shape index (κ1) is 23.7. The quantitative estimate of drug-likeness (QED) is 0.368. The first-order chi connectivity index (χ1) is 15.0. The van der Waals surface area contributed by atoms with E-state index in [1.807, 2.05) is 0 Å². The second-order valence-electron chi connectivity index (χ2n) is 7.33. The molecule has 0 saturated carbocycles. The Morgan fingerprint density at radius 3 is 2.59 bits per heavy atom. The lowest BCUT2D eigenvalue weighted by molar-refractivity contribution is -0.231. The lowest BCUT2D eigenvalue weighted by Gasteiger charge is -2.30. The molecule has 170 valence electrons. The summed E-state index contributed by atoms with van der Waals surface area (Å²) in [5.41, 5.74) is -3.73.